The van der Waals surface area contributed by atoms with Crippen molar-refractivity contribution in [2.75, 3.05) is 38.1 Å². The number of hydrogen-bond donors (Lipinski definition) is 2. The fraction of sp³-hybridized carbons (Fsp3) is 0.560. The highest BCUT2D eigenvalue weighted by molar-refractivity contribution is 5.92. The van der Waals surface area contributed by atoms with Crippen molar-refractivity contribution < 1.29 is 9.18 Å². The Balaban J connectivity index is 1.16. The first-order chi connectivity index (χ1) is 16.0. The molecule has 1 unspecified atom stereocenters. The first kappa shape index (κ1) is 22.1. The van der Waals surface area contributed by atoms with Gasteiger partial charge in [-0.25, -0.2) is 4.98 Å². The van der Waals surface area contributed by atoms with Crippen molar-refractivity contribution in [3.8, 4) is 0 Å². The van der Waals surface area contributed by atoms with E-state index in [1.54, 1.807) is 12.1 Å². The Bertz CT molecular complexity index is 1070. The molecule has 0 bridgehead atoms. The second kappa shape index (κ2) is 9.25. The van der Waals surface area contributed by atoms with Gasteiger partial charge in [-0.3, -0.25) is 14.5 Å². The molecule has 3 aliphatic rings. The molecule has 1 aliphatic carbocycles. The van der Waals surface area contributed by atoms with Crippen LogP contribution < -0.4 is 15.8 Å². The molecule has 1 atom stereocenters. The Morgan fingerprint density at radius 1 is 1.12 bits per heavy atom. The van der Waals surface area contributed by atoms with Crippen LogP contribution >= 0.6 is 0 Å². The molecule has 8 heteroatoms. The zero-order chi connectivity index (χ0) is 22.9. The van der Waals surface area contributed by atoms with Gasteiger partial charge >= 0.3 is 0 Å². The Kier molecular flexibility index (Phi) is 6.19. The van der Waals surface area contributed by atoms with E-state index in [9.17, 15) is 14.0 Å². The number of rotatable bonds is 6. The molecule has 2 saturated heterocycles. The van der Waals surface area contributed by atoms with Crippen molar-refractivity contribution in [3.63, 3.8) is 0 Å². The number of likely N-dealkylation sites (tertiary alicyclic amines) is 1. The van der Waals surface area contributed by atoms with Crippen LogP contribution in [0.25, 0.3) is 0 Å². The summed E-state index contributed by atoms with van der Waals surface area (Å²) in [5.41, 5.74) is 2.63. The zero-order valence-electron chi connectivity index (χ0n) is 19.1. The number of carbonyl (C=O) groups excluding carboxylic acids is 1. The first-order valence-corrected chi connectivity index (χ1v) is 12.1. The number of halogens is 1. The molecule has 7 nitrogen and oxygen atoms in total. The van der Waals surface area contributed by atoms with Gasteiger partial charge in [0.1, 0.15) is 5.69 Å². The Morgan fingerprint density at radius 3 is 2.58 bits per heavy atom. The molecule has 5 rings (SSSR count). The highest BCUT2D eigenvalue weighted by Crippen LogP contribution is 2.33. The van der Waals surface area contributed by atoms with E-state index < -0.39 is 5.95 Å². The van der Waals surface area contributed by atoms with E-state index in [4.69, 9.17) is 0 Å². The lowest BCUT2D eigenvalue weighted by atomic mass is 10.0. The molecular weight excluding hydrogens is 421 g/mol. The normalized spacial score (nSPS) is 22.0. The molecule has 2 N–H and O–H groups in total. The molecule has 176 valence electrons. The predicted octanol–water partition coefficient (Wildman–Crippen LogP) is 2.68. The molecule has 2 aliphatic heterocycles. The fourth-order valence-electron chi connectivity index (χ4n) is 5.31. The Labute approximate surface area is 193 Å². The van der Waals surface area contributed by atoms with Gasteiger partial charge in [-0.15, -0.1) is 0 Å². The van der Waals surface area contributed by atoms with E-state index >= 15 is 0 Å². The van der Waals surface area contributed by atoms with Crippen LogP contribution in [0.1, 0.15) is 59.8 Å². The monoisotopic (exact) mass is 453 g/mol. The van der Waals surface area contributed by atoms with Crippen LogP contribution in [-0.2, 0) is 6.42 Å². The van der Waals surface area contributed by atoms with Crippen molar-refractivity contribution >= 4 is 11.6 Å². The van der Waals surface area contributed by atoms with E-state index in [0.29, 0.717) is 23.6 Å². The average molecular weight is 454 g/mol. The topological polar surface area (TPSA) is 81.3 Å². The number of nitrogens with zero attached hydrogens (tertiary/aromatic N) is 3. The Morgan fingerprint density at radius 2 is 1.91 bits per heavy atom. The second-order valence-electron chi connectivity index (χ2n) is 9.70. The Hall–Kier alpha value is -2.74. The van der Waals surface area contributed by atoms with E-state index in [1.807, 2.05) is 11.0 Å². The molecule has 3 fully saturated rings. The fourth-order valence-corrected chi connectivity index (χ4v) is 5.31. The van der Waals surface area contributed by atoms with Crippen LogP contribution in [0.3, 0.4) is 0 Å². The average Bonchev–Trinajstić information content (AvgIpc) is 3.52. The molecule has 0 spiro atoms. The molecule has 1 amide bonds. The number of H-pyrrole nitrogens is 1. The minimum atomic E-state index is -0.593. The van der Waals surface area contributed by atoms with Gasteiger partial charge in [-0.1, -0.05) is 6.07 Å². The summed E-state index contributed by atoms with van der Waals surface area (Å²) in [4.78, 5) is 35.7. The predicted molar refractivity (Wildman–Crippen MR) is 125 cm³/mol. The SMILES string of the molecule is CNC(=O)c1ccc(N2CCC(N3CCC(c4ccc(CC5CC5)c(=O)[nH]4)C3)CC2)c(F)n1. The van der Waals surface area contributed by atoms with Crippen molar-refractivity contribution in [3.05, 3.63) is 57.5 Å². The van der Waals surface area contributed by atoms with Gasteiger partial charge < -0.3 is 15.2 Å². The lowest BCUT2D eigenvalue weighted by Gasteiger charge is -2.37. The number of pyridine rings is 2. The summed E-state index contributed by atoms with van der Waals surface area (Å²) in [6.45, 7) is 3.50. The van der Waals surface area contributed by atoms with Crippen molar-refractivity contribution in [1.29, 1.82) is 0 Å². The minimum absolute atomic E-state index is 0.0873. The third-order valence-corrected chi connectivity index (χ3v) is 7.49. The largest absolute Gasteiger partial charge is 0.368 e. The molecule has 0 radical (unpaired) electrons. The number of aromatic amines is 1. The van der Waals surface area contributed by atoms with Crippen LogP contribution in [0.5, 0.6) is 0 Å². The van der Waals surface area contributed by atoms with Gasteiger partial charge in [-0.05, 0) is 69.2 Å². The number of aromatic nitrogens is 2. The van der Waals surface area contributed by atoms with Crippen molar-refractivity contribution in [1.82, 2.24) is 20.2 Å². The maximum absolute atomic E-state index is 14.5. The summed E-state index contributed by atoms with van der Waals surface area (Å²) in [7, 11) is 1.51. The van der Waals surface area contributed by atoms with Gasteiger partial charge in [0.15, 0.2) is 0 Å². The van der Waals surface area contributed by atoms with E-state index in [2.05, 4.69) is 26.3 Å². The number of carbonyl (C=O) groups is 1. The van der Waals surface area contributed by atoms with Crippen LogP contribution in [0.4, 0.5) is 10.1 Å². The number of nitrogens with one attached hydrogen (secondary N) is 2. The van der Waals surface area contributed by atoms with Crippen molar-refractivity contribution in [2.24, 2.45) is 5.92 Å². The van der Waals surface area contributed by atoms with Crippen LogP contribution in [0.2, 0.25) is 0 Å². The van der Waals surface area contributed by atoms with E-state index in [-0.39, 0.29) is 17.2 Å². The van der Waals surface area contributed by atoms with Gasteiger partial charge in [0.2, 0.25) is 5.95 Å². The van der Waals surface area contributed by atoms with Crippen LogP contribution in [0, 0.1) is 11.9 Å². The van der Waals surface area contributed by atoms with Crippen LogP contribution in [0.15, 0.2) is 29.1 Å². The lowest BCUT2D eigenvalue weighted by Crippen LogP contribution is -2.44. The zero-order valence-corrected chi connectivity index (χ0v) is 19.1. The van der Waals surface area contributed by atoms with Crippen molar-refractivity contribution in [2.45, 2.75) is 50.5 Å². The number of anilines is 1. The maximum atomic E-state index is 14.5. The summed E-state index contributed by atoms with van der Waals surface area (Å²) in [6, 6.07) is 7.85. The van der Waals surface area contributed by atoms with Gasteiger partial charge in [0, 0.05) is 49.9 Å². The molecule has 33 heavy (non-hydrogen) atoms. The summed E-state index contributed by atoms with van der Waals surface area (Å²) < 4.78 is 14.5. The van der Waals surface area contributed by atoms with Crippen LogP contribution in [-0.4, -0.2) is 60.0 Å². The van der Waals surface area contributed by atoms with E-state index in [1.165, 1.54) is 19.9 Å². The summed E-state index contributed by atoms with van der Waals surface area (Å²) in [5.74, 6) is 0.0962. The minimum Gasteiger partial charge on any atom is -0.368 e. The molecular formula is C25H32FN5O2. The summed E-state index contributed by atoms with van der Waals surface area (Å²) >= 11 is 0. The smallest absolute Gasteiger partial charge is 0.269 e. The third-order valence-electron chi connectivity index (χ3n) is 7.49. The number of amides is 1. The lowest BCUT2D eigenvalue weighted by molar-refractivity contribution is 0.0957. The first-order valence-electron chi connectivity index (χ1n) is 12.1. The summed E-state index contributed by atoms with van der Waals surface area (Å²) in [5, 5.41) is 2.47. The molecule has 4 heterocycles. The maximum Gasteiger partial charge on any atom is 0.269 e. The van der Waals surface area contributed by atoms with E-state index in [0.717, 1.165) is 63.1 Å². The highest BCUT2D eigenvalue weighted by atomic mass is 19.1. The highest BCUT2D eigenvalue weighted by Gasteiger charge is 2.32. The molecule has 2 aromatic rings. The third kappa shape index (κ3) is 4.81. The molecule has 0 aromatic carbocycles. The second-order valence-corrected chi connectivity index (χ2v) is 9.70. The van der Waals surface area contributed by atoms with Gasteiger partial charge in [0.25, 0.3) is 11.5 Å². The molecule has 2 aromatic heterocycles. The van der Waals surface area contributed by atoms with Gasteiger partial charge in [0.05, 0.1) is 5.69 Å². The number of hydrogen-bond acceptors (Lipinski definition) is 5. The number of piperidine rings is 1. The standard InChI is InChI=1S/C25H32FN5O2/c1-27-25(33)21-6-7-22(23(26)28-21)30-12-9-19(10-13-30)31-11-8-18(15-31)20-5-4-17(24(32)29-20)14-16-2-3-16/h4-7,16,18-19H,2-3,8-15H2,1H3,(H,27,33)(H,29,32). The van der Waals surface area contributed by atoms with Gasteiger partial charge in [-0.2, -0.15) is 4.39 Å². The molecule has 1 saturated carbocycles. The summed E-state index contributed by atoms with van der Waals surface area (Å²) in [6.07, 6.45) is 6.39. The quantitative estimate of drug-likeness (QED) is 0.658.